The topological polar surface area (TPSA) is 81.7 Å². The quantitative estimate of drug-likeness (QED) is 0.553. The highest BCUT2D eigenvalue weighted by Gasteiger charge is 2.29. The molecule has 2 aromatic rings. The van der Waals surface area contributed by atoms with Crippen LogP contribution in [0.3, 0.4) is 0 Å². The average molecular weight is 389 g/mol. The second kappa shape index (κ2) is 9.32. The average Bonchev–Trinajstić information content (AvgIpc) is 3.19. The number of rotatable bonds is 8. The van der Waals surface area contributed by atoms with Crippen LogP contribution >= 0.6 is 11.3 Å². The Hall–Kier alpha value is -2.67. The van der Waals surface area contributed by atoms with Crippen molar-refractivity contribution in [3.8, 4) is 5.75 Å². The van der Waals surface area contributed by atoms with Gasteiger partial charge >= 0.3 is 5.97 Å². The number of hydrogen-bond acceptors (Lipinski definition) is 6. The molecule has 6 nitrogen and oxygen atoms in total. The molecule has 1 amide bonds. The maximum absolute atomic E-state index is 12.5. The molecule has 0 aliphatic rings. The van der Waals surface area contributed by atoms with Crippen molar-refractivity contribution in [3.05, 3.63) is 52.2 Å². The normalized spacial score (nSPS) is 12.9. The number of carbonyl (C=O) groups is 3. The lowest BCUT2D eigenvalue weighted by molar-refractivity contribution is -0.149. The number of amides is 1. The Bertz CT molecular complexity index is 783. The molecule has 0 saturated carbocycles. The van der Waals surface area contributed by atoms with E-state index in [-0.39, 0.29) is 17.6 Å². The van der Waals surface area contributed by atoms with Gasteiger partial charge in [0.25, 0.3) is 5.91 Å². The zero-order chi connectivity index (χ0) is 20.0. The van der Waals surface area contributed by atoms with Crippen LogP contribution in [0.5, 0.6) is 5.75 Å². The highest BCUT2D eigenvalue weighted by atomic mass is 32.1. The van der Waals surface area contributed by atoms with E-state index in [2.05, 4.69) is 5.32 Å². The molecule has 0 radical (unpaired) electrons. The number of methoxy groups -OCH3 is 1. The second-order valence-corrected chi connectivity index (χ2v) is 7.29. The Labute approximate surface area is 162 Å². The molecule has 0 aliphatic carbocycles. The number of carbonyl (C=O) groups excluding carboxylic acids is 3. The number of ether oxygens (including phenoxy) is 2. The lowest BCUT2D eigenvalue weighted by Gasteiger charge is -2.22. The molecule has 7 heteroatoms. The van der Waals surface area contributed by atoms with E-state index < -0.39 is 18.1 Å². The SMILES string of the molecule is COc1ccc(C(=O)[C@H](C)OC(=O)[C@H](NC(=O)c2cccs2)C(C)C)cc1. The van der Waals surface area contributed by atoms with E-state index in [1.54, 1.807) is 55.6 Å². The van der Waals surface area contributed by atoms with Crippen molar-refractivity contribution >= 4 is 29.0 Å². The van der Waals surface area contributed by atoms with Gasteiger partial charge in [0, 0.05) is 5.56 Å². The molecule has 2 rings (SSSR count). The summed E-state index contributed by atoms with van der Waals surface area (Å²) < 4.78 is 10.4. The summed E-state index contributed by atoms with van der Waals surface area (Å²) >= 11 is 1.29. The van der Waals surface area contributed by atoms with E-state index in [1.807, 2.05) is 0 Å². The molecule has 2 atom stereocenters. The molecule has 144 valence electrons. The summed E-state index contributed by atoms with van der Waals surface area (Å²) in [5.74, 6) is -0.853. The van der Waals surface area contributed by atoms with Crippen LogP contribution in [0, 0.1) is 5.92 Å². The van der Waals surface area contributed by atoms with Gasteiger partial charge in [-0.25, -0.2) is 4.79 Å². The van der Waals surface area contributed by atoms with Gasteiger partial charge in [-0.05, 0) is 48.6 Å². The highest BCUT2D eigenvalue weighted by Crippen LogP contribution is 2.15. The van der Waals surface area contributed by atoms with Crippen LogP contribution in [-0.4, -0.2) is 36.9 Å². The van der Waals surface area contributed by atoms with Gasteiger partial charge in [0.1, 0.15) is 11.8 Å². The van der Waals surface area contributed by atoms with Crippen molar-refractivity contribution < 1.29 is 23.9 Å². The first-order chi connectivity index (χ1) is 12.8. The molecular weight excluding hydrogens is 366 g/mol. The second-order valence-electron chi connectivity index (χ2n) is 6.34. The fourth-order valence-corrected chi connectivity index (χ4v) is 3.04. The van der Waals surface area contributed by atoms with Gasteiger partial charge in [-0.15, -0.1) is 11.3 Å². The van der Waals surface area contributed by atoms with Crippen LogP contribution in [-0.2, 0) is 9.53 Å². The maximum atomic E-state index is 12.5. The Morgan fingerprint density at radius 1 is 1.04 bits per heavy atom. The first kappa shape index (κ1) is 20.6. The molecular formula is C20H23NO5S. The van der Waals surface area contributed by atoms with Crippen LogP contribution in [0.2, 0.25) is 0 Å². The molecule has 0 saturated heterocycles. The summed E-state index contributed by atoms with van der Waals surface area (Å²) in [5.41, 5.74) is 0.416. The van der Waals surface area contributed by atoms with Crippen LogP contribution in [0.25, 0.3) is 0 Å². The molecule has 27 heavy (non-hydrogen) atoms. The van der Waals surface area contributed by atoms with Gasteiger partial charge in [0.2, 0.25) is 5.78 Å². The summed E-state index contributed by atoms with van der Waals surface area (Å²) in [6, 6.07) is 9.16. The van der Waals surface area contributed by atoms with Crippen molar-refractivity contribution in [2.75, 3.05) is 7.11 Å². The zero-order valence-electron chi connectivity index (χ0n) is 15.7. The van der Waals surface area contributed by atoms with Crippen molar-refractivity contribution in [2.45, 2.75) is 32.9 Å². The fourth-order valence-electron chi connectivity index (χ4n) is 2.41. The summed E-state index contributed by atoms with van der Waals surface area (Å²) in [6.07, 6.45) is -0.967. The first-order valence-corrected chi connectivity index (χ1v) is 9.44. The highest BCUT2D eigenvalue weighted by molar-refractivity contribution is 7.12. The molecule has 0 aliphatic heterocycles. The molecule has 0 unspecified atom stereocenters. The van der Waals surface area contributed by atoms with E-state index in [9.17, 15) is 14.4 Å². The van der Waals surface area contributed by atoms with Crippen molar-refractivity contribution in [3.63, 3.8) is 0 Å². The third-order valence-corrected chi connectivity index (χ3v) is 4.86. The predicted molar refractivity (Wildman–Crippen MR) is 103 cm³/mol. The largest absolute Gasteiger partial charge is 0.497 e. The molecule has 1 aromatic heterocycles. The molecule has 0 spiro atoms. The van der Waals surface area contributed by atoms with E-state index in [4.69, 9.17) is 9.47 Å². The van der Waals surface area contributed by atoms with E-state index in [0.29, 0.717) is 16.2 Å². The minimum Gasteiger partial charge on any atom is -0.497 e. The summed E-state index contributed by atoms with van der Waals surface area (Å²) in [7, 11) is 1.54. The zero-order valence-corrected chi connectivity index (χ0v) is 16.5. The van der Waals surface area contributed by atoms with Gasteiger partial charge in [-0.1, -0.05) is 19.9 Å². The standard InChI is InChI=1S/C20H23NO5S/c1-12(2)17(21-19(23)16-6-5-11-27-16)20(24)26-13(3)18(22)14-7-9-15(25-4)10-8-14/h5-13,17H,1-4H3,(H,21,23)/t13-,17+/m0/s1. The molecule has 0 bridgehead atoms. The number of esters is 1. The first-order valence-electron chi connectivity index (χ1n) is 8.56. The Morgan fingerprint density at radius 3 is 2.22 bits per heavy atom. The Balaban J connectivity index is 2.02. The van der Waals surface area contributed by atoms with Crippen molar-refractivity contribution in [1.29, 1.82) is 0 Å². The Morgan fingerprint density at radius 2 is 1.70 bits per heavy atom. The number of thiophene rings is 1. The minimum atomic E-state index is -0.967. The van der Waals surface area contributed by atoms with Gasteiger partial charge in [-0.3, -0.25) is 9.59 Å². The Kier molecular flexibility index (Phi) is 7.12. The summed E-state index contributed by atoms with van der Waals surface area (Å²) in [6.45, 7) is 5.12. The van der Waals surface area contributed by atoms with Gasteiger partial charge in [-0.2, -0.15) is 0 Å². The number of ketones is 1. The van der Waals surface area contributed by atoms with Crippen molar-refractivity contribution in [2.24, 2.45) is 5.92 Å². The van der Waals surface area contributed by atoms with Crippen LogP contribution < -0.4 is 10.1 Å². The molecule has 0 fully saturated rings. The fraction of sp³-hybridized carbons (Fsp3) is 0.350. The van der Waals surface area contributed by atoms with Gasteiger partial charge in [0.05, 0.1) is 12.0 Å². The monoisotopic (exact) mass is 389 g/mol. The van der Waals surface area contributed by atoms with Crippen LogP contribution in [0.1, 0.15) is 40.8 Å². The molecule has 1 aromatic carbocycles. The summed E-state index contributed by atoms with van der Waals surface area (Å²) in [4.78, 5) is 37.8. The van der Waals surface area contributed by atoms with E-state index >= 15 is 0 Å². The van der Waals surface area contributed by atoms with Gasteiger partial charge in [0.15, 0.2) is 6.10 Å². The minimum absolute atomic E-state index is 0.190. The third-order valence-electron chi connectivity index (χ3n) is 3.99. The smallest absolute Gasteiger partial charge is 0.329 e. The molecule has 1 heterocycles. The number of hydrogen-bond donors (Lipinski definition) is 1. The van der Waals surface area contributed by atoms with E-state index in [0.717, 1.165) is 0 Å². The predicted octanol–water partition coefficient (Wildman–Crippen LogP) is 3.33. The number of nitrogens with one attached hydrogen (secondary N) is 1. The van der Waals surface area contributed by atoms with Crippen LogP contribution in [0.4, 0.5) is 0 Å². The maximum Gasteiger partial charge on any atom is 0.329 e. The lowest BCUT2D eigenvalue weighted by atomic mass is 10.0. The van der Waals surface area contributed by atoms with Crippen molar-refractivity contribution in [1.82, 2.24) is 5.32 Å². The lowest BCUT2D eigenvalue weighted by Crippen LogP contribution is -2.46. The molecule has 1 N–H and O–H groups in total. The third kappa shape index (κ3) is 5.40. The number of Topliss-reactive ketones (excluding diaryl/α,β-unsaturated/α-hetero) is 1. The number of benzene rings is 1. The van der Waals surface area contributed by atoms with Crippen LogP contribution in [0.15, 0.2) is 41.8 Å². The summed E-state index contributed by atoms with van der Waals surface area (Å²) in [5, 5.41) is 4.47. The van der Waals surface area contributed by atoms with E-state index in [1.165, 1.54) is 25.4 Å². The van der Waals surface area contributed by atoms with Gasteiger partial charge < -0.3 is 14.8 Å².